The molecule has 0 aliphatic carbocycles. The predicted molar refractivity (Wildman–Crippen MR) is 126 cm³/mol. The van der Waals surface area contributed by atoms with Gasteiger partial charge >= 0.3 is 0 Å². The van der Waals surface area contributed by atoms with Crippen LogP contribution >= 0.6 is 22.7 Å². The third-order valence-electron chi connectivity index (χ3n) is 5.25. The predicted octanol–water partition coefficient (Wildman–Crippen LogP) is 6.54. The fourth-order valence-electron chi connectivity index (χ4n) is 3.59. The molecule has 0 bridgehead atoms. The maximum atomic E-state index is 5.27. The summed E-state index contributed by atoms with van der Waals surface area (Å²) in [5.74, 6) is 0.846. The highest BCUT2D eigenvalue weighted by Crippen LogP contribution is 2.40. The van der Waals surface area contributed by atoms with Crippen molar-refractivity contribution in [2.75, 3.05) is 12.1 Å². The summed E-state index contributed by atoms with van der Waals surface area (Å²) < 4.78 is 5.27. The molecule has 0 spiro atoms. The molecule has 1 unspecified atom stereocenters. The Morgan fingerprint density at radius 3 is 2.50 bits per heavy atom. The lowest BCUT2D eigenvalue weighted by Crippen LogP contribution is -2.18. The van der Waals surface area contributed by atoms with Gasteiger partial charge in [0.25, 0.3) is 0 Å². The van der Waals surface area contributed by atoms with Gasteiger partial charge in [-0.3, -0.25) is 0 Å². The van der Waals surface area contributed by atoms with Crippen LogP contribution in [0.1, 0.15) is 28.5 Å². The molecular weight excluding hydrogens is 410 g/mol. The third-order valence-corrected chi connectivity index (χ3v) is 7.00. The second kappa shape index (κ2) is 8.05. The van der Waals surface area contributed by atoms with Gasteiger partial charge in [0.2, 0.25) is 5.13 Å². The largest absolute Gasteiger partial charge is 0.497 e. The summed E-state index contributed by atoms with van der Waals surface area (Å²) in [4.78, 5) is 6.15. The van der Waals surface area contributed by atoms with Crippen molar-refractivity contribution in [3.05, 3.63) is 87.4 Å². The molecule has 0 fully saturated rings. The number of hydrogen-bond donors (Lipinski definition) is 0. The molecule has 3 heterocycles. The summed E-state index contributed by atoms with van der Waals surface area (Å²) in [6.07, 6.45) is 0.876. The Hall–Kier alpha value is -2.96. The fraction of sp³-hybridized carbons (Fsp3) is 0.167. The molecule has 1 atom stereocenters. The van der Waals surface area contributed by atoms with Crippen LogP contribution in [0.15, 0.2) is 76.5 Å². The molecule has 0 N–H and O–H groups in total. The zero-order valence-corrected chi connectivity index (χ0v) is 18.4. The zero-order valence-electron chi connectivity index (χ0n) is 16.8. The van der Waals surface area contributed by atoms with E-state index in [-0.39, 0.29) is 6.04 Å². The fourth-order valence-corrected chi connectivity index (χ4v) is 5.14. The topological polar surface area (TPSA) is 37.7 Å². The van der Waals surface area contributed by atoms with E-state index in [2.05, 4.69) is 59.1 Å². The van der Waals surface area contributed by atoms with E-state index in [1.807, 2.05) is 24.3 Å². The summed E-state index contributed by atoms with van der Waals surface area (Å²) in [6, 6.07) is 21.1. The van der Waals surface area contributed by atoms with Gasteiger partial charge < -0.3 is 4.74 Å². The molecule has 0 radical (unpaired) electrons. The number of ether oxygens (including phenoxy) is 1. The van der Waals surface area contributed by atoms with Crippen LogP contribution in [0.3, 0.4) is 0 Å². The molecule has 1 aliphatic heterocycles. The number of benzene rings is 2. The summed E-state index contributed by atoms with van der Waals surface area (Å²) in [5, 5.41) is 12.2. The van der Waals surface area contributed by atoms with E-state index in [0.29, 0.717) is 0 Å². The van der Waals surface area contributed by atoms with Gasteiger partial charge in [-0.05, 0) is 48.2 Å². The van der Waals surface area contributed by atoms with Crippen molar-refractivity contribution < 1.29 is 4.74 Å². The maximum Gasteiger partial charge on any atom is 0.207 e. The van der Waals surface area contributed by atoms with E-state index < -0.39 is 0 Å². The molecular formula is C24H21N3OS2. The van der Waals surface area contributed by atoms with Crippen molar-refractivity contribution in [3.63, 3.8) is 0 Å². The van der Waals surface area contributed by atoms with Crippen molar-refractivity contribution in [1.82, 2.24) is 4.98 Å². The lowest BCUT2D eigenvalue weighted by atomic mass is 10.0. The average molecular weight is 432 g/mol. The minimum absolute atomic E-state index is 0.151. The Morgan fingerprint density at radius 1 is 1.00 bits per heavy atom. The number of aryl methyl sites for hydroxylation is 1. The van der Waals surface area contributed by atoms with Crippen LogP contribution in [0.4, 0.5) is 5.13 Å². The van der Waals surface area contributed by atoms with Gasteiger partial charge in [0.05, 0.1) is 29.4 Å². The smallest absolute Gasteiger partial charge is 0.207 e. The highest BCUT2D eigenvalue weighted by molar-refractivity contribution is 7.14. The van der Waals surface area contributed by atoms with E-state index in [4.69, 9.17) is 14.8 Å². The Bertz CT molecular complexity index is 1160. The van der Waals surface area contributed by atoms with Crippen LogP contribution < -0.4 is 9.75 Å². The highest BCUT2D eigenvalue weighted by Gasteiger charge is 2.32. The summed E-state index contributed by atoms with van der Waals surface area (Å²) >= 11 is 3.37. The number of anilines is 1. The van der Waals surface area contributed by atoms with Crippen LogP contribution in [0.5, 0.6) is 5.75 Å². The number of methoxy groups -OCH3 is 1. The monoisotopic (exact) mass is 431 g/mol. The maximum absolute atomic E-state index is 5.27. The Labute approximate surface area is 184 Å². The first-order chi connectivity index (χ1) is 14.7. The van der Waals surface area contributed by atoms with Gasteiger partial charge in [-0.2, -0.15) is 5.10 Å². The van der Waals surface area contributed by atoms with Crippen molar-refractivity contribution in [2.45, 2.75) is 19.4 Å². The number of aromatic nitrogens is 1. The molecule has 30 heavy (non-hydrogen) atoms. The quantitative estimate of drug-likeness (QED) is 0.360. The first kappa shape index (κ1) is 19.0. The van der Waals surface area contributed by atoms with Crippen molar-refractivity contribution in [1.29, 1.82) is 0 Å². The third kappa shape index (κ3) is 3.64. The van der Waals surface area contributed by atoms with Gasteiger partial charge in [0.15, 0.2) is 0 Å². The molecule has 0 saturated heterocycles. The average Bonchev–Trinajstić information content (AvgIpc) is 3.54. The van der Waals surface area contributed by atoms with Crippen molar-refractivity contribution in [2.24, 2.45) is 5.10 Å². The van der Waals surface area contributed by atoms with E-state index in [0.717, 1.165) is 34.3 Å². The summed E-state index contributed by atoms with van der Waals surface area (Å²) in [7, 11) is 1.68. The molecule has 5 rings (SSSR count). The van der Waals surface area contributed by atoms with E-state index in [9.17, 15) is 0 Å². The van der Waals surface area contributed by atoms with E-state index >= 15 is 0 Å². The molecule has 4 nitrogen and oxygen atoms in total. The Balaban J connectivity index is 1.50. The molecule has 0 saturated carbocycles. The van der Waals surface area contributed by atoms with Crippen LogP contribution in [-0.2, 0) is 0 Å². The SMILES string of the molecule is COc1ccc(-c2csc(N3N=C(c4cccs4)CC3c3ccc(C)cc3)n2)cc1. The van der Waals surface area contributed by atoms with Crippen molar-refractivity contribution >= 4 is 33.5 Å². The zero-order chi connectivity index (χ0) is 20.5. The minimum Gasteiger partial charge on any atom is -0.497 e. The number of hydrazone groups is 1. The number of nitrogens with zero attached hydrogens (tertiary/aromatic N) is 3. The van der Waals surface area contributed by atoms with Gasteiger partial charge in [-0.25, -0.2) is 9.99 Å². The first-order valence-electron chi connectivity index (χ1n) is 9.78. The molecule has 150 valence electrons. The van der Waals surface area contributed by atoms with E-state index in [1.54, 1.807) is 29.8 Å². The van der Waals surface area contributed by atoms with Gasteiger partial charge in [-0.1, -0.05) is 35.9 Å². The van der Waals surface area contributed by atoms with Gasteiger partial charge in [0, 0.05) is 17.4 Å². The molecule has 4 aromatic rings. The normalized spacial score (nSPS) is 16.0. The number of thiophene rings is 1. The number of hydrogen-bond acceptors (Lipinski definition) is 6. The molecule has 1 aliphatic rings. The Kier molecular flexibility index (Phi) is 5.11. The highest BCUT2D eigenvalue weighted by atomic mass is 32.1. The Morgan fingerprint density at radius 2 is 1.80 bits per heavy atom. The minimum atomic E-state index is 0.151. The second-order valence-corrected chi connectivity index (χ2v) is 9.03. The van der Waals surface area contributed by atoms with Crippen molar-refractivity contribution in [3.8, 4) is 17.0 Å². The van der Waals surface area contributed by atoms with Crippen LogP contribution in [-0.4, -0.2) is 17.8 Å². The lowest BCUT2D eigenvalue weighted by molar-refractivity contribution is 0.415. The van der Waals surface area contributed by atoms with Crippen LogP contribution in [0.2, 0.25) is 0 Å². The summed E-state index contributed by atoms with van der Waals surface area (Å²) in [6.45, 7) is 2.12. The van der Waals surface area contributed by atoms with Gasteiger partial charge in [0.1, 0.15) is 5.75 Å². The molecule has 6 heteroatoms. The molecule has 2 aromatic heterocycles. The lowest BCUT2D eigenvalue weighted by Gasteiger charge is -2.21. The van der Waals surface area contributed by atoms with Crippen LogP contribution in [0, 0.1) is 6.92 Å². The second-order valence-electron chi connectivity index (χ2n) is 7.24. The van der Waals surface area contributed by atoms with Crippen LogP contribution in [0.25, 0.3) is 11.3 Å². The van der Waals surface area contributed by atoms with Gasteiger partial charge in [-0.15, -0.1) is 22.7 Å². The molecule has 0 amide bonds. The standard InChI is InChI=1S/C24H21N3OS2/c1-16-5-7-18(8-6-16)22-14-20(23-4-3-13-29-23)26-27(22)24-25-21(15-30-24)17-9-11-19(28-2)12-10-17/h3-13,15,22H,14H2,1-2H3. The first-order valence-corrected chi connectivity index (χ1v) is 11.5. The molecule has 2 aromatic carbocycles. The summed E-state index contributed by atoms with van der Waals surface area (Å²) in [5.41, 5.74) is 5.68. The number of rotatable bonds is 5. The van der Waals surface area contributed by atoms with E-state index in [1.165, 1.54) is 16.0 Å². The number of thiazole rings is 1.